The monoisotopic (exact) mass is 369 g/mol. The van der Waals surface area contributed by atoms with Gasteiger partial charge >= 0.3 is 0 Å². The summed E-state index contributed by atoms with van der Waals surface area (Å²) in [6.45, 7) is 1.09. The minimum Gasteiger partial charge on any atom is -0.355 e. The van der Waals surface area contributed by atoms with Gasteiger partial charge in [-0.2, -0.15) is 0 Å². The number of piperidine rings is 1. The molecule has 1 fully saturated rings. The van der Waals surface area contributed by atoms with E-state index in [1.54, 1.807) is 11.3 Å². The number of carbonyl (C=O) groups excluding carboxylic acids is 1. The average Bonchev–Trinajstić information content (AvgIpc) is 3.23. The van der Waals surface area contributed by atoms with Crippen molar-refractivity contribution in [2.24, 2.45) is 5.92 Å². The highest BCUT2D eigenvalue weighted by atomic mass is 32.2. The molecule has 2 aromatic rings. The fourth-order valence-corrected chi connectivity index (χ4v) is 4.25. The van der Waals surface area contributed by atoms with Crippen LogP contribution in [0.1, 0.15) is 18.5 Å². The van der Waals surface area contributed by atoms with Crippen LogP contribution in [0.4, 0.5) is 0 Å². The Bertz CT molecular complexity index is 791. The van der Waals surface area contributed by atoms with Crippen molar-refractivity contribution in [3.05, 3.63) is 29.3 Å². The molecule has 1 N–H and O–H groups in total. The molecule has 3 heterocycles. The van der Waals surface area contributed by atoms with Crippen LogP contribution in [0.2, 0.25) is 0 Å². The maximum Gasteiger partial charge on any atom is 0.223 e. The highest BCUT2D eigenvalue weighted by molar-refractivity contribution is 7.88. The van der Waals surface area contributed by atoms with Crippen molar-refractivity contribution in [2.45, 2.75) is 19.4 Å². The SMILES string of the molecule is CS(=O)(=O)N1CCC(C(=O)NCc2cc(-c3cccs3)on2)CC1. The first-order valence-electron chi connectivity index (χ1n) is 7.66. The lowest BCUT2D eigenvalue weighted by molar-refractivity contribution is -0.126. The minimum absolute atomic E-state index is 0.0659. The summed E-state index contributed by atoms with van der Waals surface area (Å²) < 4.78 is 29.7. The smallest absolute Gasteiger partial charge is 0.223 e. The van der Waals surface area contributed by atoms with E-state index >= 15 is 0 Å². The molecule has 2 aromatic heterocycles. The van der Waals surface area contributed by atoms with E-state index in [0.717, 1.165) is 4.88 Å². The van der Waals surface area contributed by atoms with Gasteiger partial charge in [-0.25, -0.2) is 12.7 Å². The number of amides is 1. The van der Waals surface area contributed by atoms with Gasteiger partial charge in [0.1, 0.15) is 5.69 Å². The van der Waals surface area contributed by atoms with Crippen molar-refractivity contribution in [3.63, 3.8) is 0 Å². The molecule has 0 radical (unpaired) electrons. The van der Waals surface area contributed by atoms with E-state index in [4.69, 9.17) is 4.52 Å². The zero-order chi connectivity index (χ0) is 17.2. The van der Waals surface area contributed by atoms with Crippen LogP contribution in [-0.2, 0) is 21.4 Å². The number of nitrogens with zero attached hydrogens (tertiary/aromatic N) is 2. The summed E-state index contributed by atoms with van der Waals surface area (Å²) >= 11 is 1.56. The van der Waals surface area contributed by atoms with Gasteiger partial charge in [0, 0.05) is 25.1 Å². The van der Waals surface area contributed by atoms with E-state index in [1.807, 2.05) is 23.6 Å². The third-order valence-corrected chi connectivity index (χ3v) is 6.25. The Morgan fingerprint density at radius 3 is 2.83 bits per heavy atom. The fourth-order valence-electron chi connectivity index (χ4n) is 2.70. The molecule has 1 amide bonds. The number of nitrogens with one attached hydrogen (secondary N) is 1. The second kappa shape index (κ2) is 7.04. The molecule has 1 saturated heterocycles. The first-order valence-corrected chi connectivity index (χ1v) is 10.4. The summed E-state index contributed by atoms with van der Waals surface area (Å²) in [5, 5.41) is 8.78. The Balaban J connectivity index is 1.50. The molecular weight excluding hydrogens is 350 g/mol. The van der Waals surface area contributed by atoms with Gasteiger partial charge in [-0.15, -0.1) is 11.3 Å². The van der Waals surface area contributed by atoms with Gasteiger partial charge < -0.3 is 9.84 Å². The quantitative estimate of drug-likeness (QED) is 0.866. The van der Waals surface area contributed by atoms with Gasteiger partial charge in [0.15, 0.2) is 5.76 Å². The van der Waals surface area contributed by atoms with E-state index in [9.17, 15) is 13.2 Å². The fraction of sp³-hybridized carbons (Fsp3) is 0.467. The molecule has 24 heavy (non-hydrogen) atoms. The van der Waals surface area contributed by atoms with E-state index in [1.165, 1.54) is 10.6 Å². The lowest BCUT2D eigenvalue weighted by Crippen LogP contribution is -2.42. The van der Waals surface area contributed by atoms with Crippen LogP contribution in [0, 0.1) is 5.92 Å². The van der Waals surface area contributed by atoms with Gasteiger partial charge in [0.05, 0.1) is 17.7 Å². The molecule has 130 valence electrons. The number of rotatable bonds is 5. The number of carbonyl (C=O) groups is 1. The molecule has 0 unspecified atom stereocenters. The molecule has 0 aromatic carbocycles. The molecule has 7 nitrogen and oxygen atoms in total. The molecule has 0 bridgehead atoms. The Morgan fingerprint density at radius 2 is 2.21 bits per heavy atom. The van der Waals surface area contributed by atoms with Crippen molar-refractivity contribution in [1.82, 2.24) is 14.8 Å². The van der Waals surface area contributed by atoms with Gasteiger partial charge in [-0.3, -0.25) is 4.79 Å². The van der Waals surface area contributed by atoms with E-state index in [2.05, 4.69) is 10.5 Å². The van der Waals surface area contributed by atoms with Gasteiger partial charge in [-0.05, 0) is 24.3 Å². The van der Waals surface area contributed by atoms with E-state index < -0.39 is 10.0 Å². The van der Waals surface area contributed by atoms with Crippen molar-refractivity contribution >= 4 is 27.3 Å². The van der Waals surface area contributed by atoms with Crippen molar-refractivity contribution in [3.8, 4) is 10.6 Å². The molecule has 9 heteroatoms. The van der Waals surface area contributed by atoms with Crippen LogP contribution in [0.15, 0.2) is 28.1 Å². The molecule has 0 spiro atoms. The number of hydrogen-bond acceptors (Lipinski definition) is 6. The zero-order valence-electron chi connectivity index (χ0n) is 13.3. The largest absolute Gasteiger partial charge is 0.355 e. The van der Waals surface area contributed by atoms with Gasteiger partial charge in [0.25, 0.3) is 0 Å². The summed E-state index contributed by atoms with van der Waals surface area (Å²) in [4.78, 5) is 13.2. The second-order valence-electron chi connectivity index (χ2n) is 5.81. The summed E-state index contributed by atoms with van der Waals surface area (Å²) in [5.41, 5.74) is 0.667. The van der Waals surface area contributed by atoms with E-state index in [0.29, 0.717) is 43.9 Å². The highest BCUT2D eigenvalue weighted by Crippen LogP contribution is 2.25. The third-order valence-electron chi connectivity index (χ3n) is 4.06. The van der Waals surface area contributed by atoms with Crippen LogP contribution in [0.5, 0.6) is 0 Å². The average molecular weight is 369 g/mol. The van der Waals surface area contributed by atoms with Crippen LogP contribution < -0.4 is 5.32 Å². The highest BCUT2D eigenvalue weighted by Gasteiger charge is 2.28. The molecular formula is C15H19N3O4S2. The van der Waals surface area contributed by atoms with Crippen LogP contribution >= 0.6 is 11.3 Å². The summed E-state index contributed by atoms with van der Waals surface area (Å²) in [6, 6.07) is 5.70. The molecule has 1 aliphatic rings. The maximum atomic E-state index is 12.2. The number of thiophene rings is 1. The van der Waals surface area contributed by atoms with Gasteiger partial charge in [0.2, 0.25) is 15.9 Å². The standard InChI is InChI=1S/C15H19N3O4S2/c1-24(20,21)18-6-4-11(5-7-18)15(19)16-10-12-9-13(22-17-12)14-3-2-8-23-14/h2-3,8-9,11H,4-7,10H2,1H3,(H,16,19). The Hall–Kier alpha value is -1.71. The predicted octanol–water partition coefficient (Wildman–Crippen LogP) is 1.69. The topological polar surface area (TPSA) is 92.5 Å². The predicted molar refractivity (Wildman–Crippen MR) is 90.8 cm³/mol. The molecule has 0 atom stereocenters. The summed E-state index contributed by atoms with van der Waals surface area (Å²) in [5.74, 6) is 0.464. The van der Waals surface area contributed by atoms with E-state index in [-0.39, 0.29) is 11.8 Å². The second-order valence-corrected chi connectivity index (χ2v) is 8.74. The summed E-state index contributed by atoms with van der Waals surface area (Å²) in [7, 11) is -3.17. The summed E-state index contributed by atoms with van der Waals surface area (Å²) in [6.07, 6.45) is 2.28. The number of sulfonamides is 1. The molecule has 0 saturated carbocycles. The van der Waals surface area contributed by atoms with Crippen molar-refractivity contribution in [2.75, 3.05) is 19.3 Å². The van der Waals surface area contributed by atoms with Crippen molar-refractivity contribution < 1.29 is 17.7 Å². The molecule has 0 aliphatic carbocycles. The molecule has 3 rings (SSSR count). The first kappa shape index (κ1) is 17.1. The Labute approximate surface area is 144 Å². The Morgan fingerprint density at radius 1 is 1.46 bits per heavy atom. The van der Waals surface area contributed by atoms with Crippen LogP contribution in [0.25, 0.3) is 10.6 Å². The number of hydrogen-bond donors (Lipinski definition) is 1. The zero-order valence-corrected chi connectivity index (χ0v) is 14.9. The number of aromatic nitrogens is 1. The maximum absolute atomic E-state index is 12.2. The third kappa shape index (κ3) is 4.03. The lowest BCUT2D eigenvalue weighted by Gasteiger charge is -2.29. The van der Waals surface area contributed by atoms with Crippen LogP contribution in [-0.4, -0.2) is 43.1 Å². The Kier molecular flexibility index (Phi) is 5.02. The molecule has 1 aliphatic heterocycles. The minimum atomic E-state index is -3.17. The van der Waals surface area contributed by atoms with Crippen LogP contribution in [0.3, 0.4) is 0 Å². The van der Waals surface area contributed by atoms with Crippen molar-refractivity contribution in [1.29, 1.82) is 0 Å². The first-order chi connectivity index (χ1) is 11.4. The lowest BCUT2D eigenvalue weighted by atomic mass is 9.97. The van der Waals surface area contributed by atoms with Gasteiger partial charge in [-0.1, -0.05) is 11.2 Å². The normalized spacial score (nSPS) is 17.0.